The monoisotopic (exact) mass is 304 g/mol. The van der Waals surface area contributed by atoms with E-state index in [1.54, 1.807) is 0 Å². The number of benzene rings is 1. The molecule has 0 amide bonds. The summed E-state index contributed by atoms with van der Waals surface area (Å²) in [5.41, 5.74) is -0.0504. The Morgan fingerprint density at radius 2 is 1.86 bits per heavy atom. The van der Waals surface area contributed by atoms with Crippen molar-refractivity contribution in [1.82, 2.24) is 0 Å². The molecule has 0 aliphatic heterocycles. The highest BCUT2D eigenvalue weighted by Crippen LogP contribution is 2.20. The molecule has 1 rings (SSSR count). The Bertz CT molecular complexity index is 582. The van der Waals surface area contributed by atoms with Gasteiger partial charge in [0.05, 0.1) is 19.3 Å². The summed E-state index contributed by atoms with van der Waals surface area (Å²) in [6.07, 6.45) is 1.55. The summed E-state index contributed by atoms with van der Waals surface area (Å²) < 4.78 is 14.6. The maximum Gasteiger partial charge on any atom is 0.341 e. The summed E-state index contributed by atoms with van der Waals surface area (Å²) in [4.78, 5) is 34.9. The minimum Gasteiger partial charge on any atom is -0.465 e. The molecule has 0 fully saturated rings. The fourth-order valence-electron chi connectivity index (χ4n) is 1.68. The Hall–Kier alpha value is -2.31. The third-order valence-corrected chi connectivity index (χ3v) is 2.74. The lowest BCUT2D eigenvalue weighted by molar-refractivity contribution is -0.131. The Kier molecular flexibility index (Phi) is 6.63. The molecule has 0 unspecified atom stereocenters. The fraction of sp³-hybridized carbons (Fsp3) is 0.400. The van der Waals surface area contributed by atoms with Gasteiger partial charge in [0.25, 0.3) is 0 Å². The van der Waals surface area contributed by atoms with Crippen molar-refractivity contribution in [3.8, 4) is 5.75 Å². The first-order valence-corrected chi connectivity index (χ1v) is 6.78. The van der Waals surface area contributed by atoms with Gasteiger partial charge < -0.3 is 14.2 Å². The third-order valence-electron chi connectivity index (χ3n) is 2.74. The van der Waals surface area contributed by atoms with E-state index in [4.69, 9.17) is 17.3 Å². The van der Waals surface area contributed by atoms with Gasteiger partial charge in [0.2, 0.25) is 0 Å². The number of ether oxygens (including phenoxy) is 3. The van der Waals surface area contributed by atoms with Gasteiger partial charge in [-0.1, -0.05) is 24.9 Å². The molecule has 1 aromatic rings. The summed E-state index contributed by atoms with van der Waals surface area (Å²) in [5, 5.41) is 0. The molecule has 0 saturated heterocycles. The van der Waals surface area contributed by atoms with E-state index in [0.717, 1.165) is 6.42 Å². The molecule has 0 aliphatic rings. The van der Waals surface area contributed by atoms with Crippen LogP contribution in [0.5, 0.6) is 5.75 Å². The van der Waals surface area contributed by atoms with Crippen LogP contribution in [0.3, 0.4) is 0 Å². The number of rotatable bonds is 6. The molecule has 0 bridgehead atoms. The zero-order chi connectivity index (χ0) is 16.7. The van der Waals surface area contributed by atoms with Crippen molar-refractivity contribution < 1.29 is 28.6 Å². The van der Waals surface area contributed by atoms with E-state index in [1.165, 1.54) is 26.2 Å². The normalized spacial score (nSPS) is 9.95. The molecule has 0 aromatic heterocycles. The van der Waals surface area contributed by atoms with Crippen LogP contribution in [0.4, 0.5) is 0 Å². The summed E-state index contributed by atoms with van der Waals surface area (Å²) in [5.74, 6) is -2.15. The molecule has 6 nitrogen and oxygen atoms in total. The predicted octanol–water partition coefficient (Wildman–Crippen LogP) is 1.15. The van der Waals surface area contributed by atoms with Crippen LogP contribution in [0.15, 0.2) is 12.1 Å². The zero-order valence-corrected chi connectivity index (χ0v) is 12.8. The molecule has 0 N–H and O–H groups in total. The molecule has 7 heteroatoms. The van der Waals surface area contributed by atoms with Crippen molar-refractivity contribution in [2.24, 2.45) is 0 Å². The number of carbonyl (C=O) groups excluding carboxylic acids is 3. The van der Waals surface area contributed by atoms with Gasteiger partial charge in [0.1, 0.15) is 19.2 Å². The molecule has 0 aliphatic carbocycles. The Morgan fingerprint density at radius 1 is 1.18 bits per heavy atom. The van der Waals surface area contributed by atoms with Crippen molar-refractivity contribution in [3.63, 3.8) is 0 Å². The maximum atomic E-state index is 12.1. The number of methoxy groups -OCH3 is 1. The number of carbonyl (C=O) groups is 3. The smallest absolute Gasteiger partial charge is 0.341 e. The van der Waals surface area contributed by atoms with Crippen LogP contribution in [0.2, 0.25) is 0 Å². The van der Waals surface area contributed by atoms with Gasteiger partial charge >= 0.3 is 17.9 Å². The minimum atomic E-state index is -0.720. The molecule has 0 heterocycles. The maximum absolute atomic E-state index is 12.1. The van der Waals surface area contributed by atoms with E-state index in [0.29, 0.717) is 6.42 Å². The second-order valence-corrected chi connectivity index (χ2v) is 4.52. The van der Waals surface area contributed by atoms with Crippen LogP contribution in [0, 0.1) is 0 Å². The summed E-state index contributed by atoms with van der Waals surface area (Å²) in [7, 11) is 6.97. The van der Waals surface area contributed by atoms with Crippen LogP contribution in [-0.2, 0) is 14.3 Å². The highest BCUT2D eigenvalue weighted by molar-refractivity contribution is 6.35. The Morgan fingerprint density at radius 3 is 2.41 bits per heavy atom. The minimum absolute atomic E-state index is 0.0273. The largest absolute Gasteiger partial charge is 0.465 e. The quantitative estimate of drug-likeness (QED) is 0.339. The van der Waals surface area contributed by atoms with E-state index in [9.17, 15) is 14.4 Å². The van der Waals surface area contributed by atoms with E-state index >= 15 is 0 Å². The highest BCUT2D eigenvalue weighted by Gasteiger charge is 2.21. The molecule has 0 atom stereocenters. The van der Waals surface area contributed by atoms with E-state index < -0.39 is 17.9 Å². The van der Waals surface area contributed by atoms with Crippen LogP contribution in [0.25, 0.3) is 0 Å². The molecule has 0 spiro atoms. The van der Waals surface area contributed by atoms with Gasteiger partial charge in [0.15, 0.2) is 0 Å². The number of unbranched alkanes of at least 4 members (excludes halogenated alkanes) is 1. The number of hydrogen-bond acceptors (Lipinski definition) is 6. The molecular weight excluding hydrogens is 287 g/mol. The second-order valence-electron chi connectivity index (χ2n) is 4.52. The van der Waals surface area contributed by atoms with Gasteiger partial charge in [-0.25, -0.2) is 9.59 Å². The van der Waals surface area contributed by atoms with Crippen molar-refractivity contribution in [2.45, 2.75) is 26.7 Å². The lowest BCUT2D eigenvalue weighted by Gasteiger charge is -2.13. The topological polar surface area (TPSA) is 78.9 Å². The summed E-state index contributed by atoms with van der Waals surface area (Å²) in [6.45, 7) is 3.35. The van der Waals surface area contributed by atoms with Gasteiger partial charge in [-0.05, 0) is 12.5 Å². The summed E-state index contributed by atoms with van der Waals surface area (Å²) in [6, 6.07) is 2.50. The highest BCUT2D eigenvalue weighted by atomic mass is 16.5. The van der Waals surface area contributed by atoms with Crippen LogP contribution < -0.4 is 10.2 Å². The molecule has 1 aromatic carbocycles. The second kappa shape index (κ2) is 8.21. The Balaban J connectivity index is 3.22. The zero-order valence-electron chi connectivity index (χ0n) is 12.8. The first kappa shape index (κ1) is 17.7. The summed E-state index contributed by atoms with van der Waals surface area (Å²) >= 11 is 0. The van der Waals surface area contributed by atoms with E-state index in [-0.39, 0.29) is 28.9 Å². The predicted molar refractivity (Wildman–Crippen MR) is 79.7 cm³/mol. The van der Waals surface area contributed by atoms with Gasteiger partial charge in [-0.2, -0.15) is 0 Å². The average Bonchev–Trinajstić information content (AvgIpc) is 2.47. The lowest BCUT2D eigenvalue weighted by Crippen LogP contribution is -2.21. The van der Waals surface area contributed by atoms with Crippen molar-refractivity contribution in [2.75, 3.05) is 13.7 Å². The van der Waals surface area contributed by atoms with Gasteiger partial charge in [-0.15, -0.1) is 0 Å². The number of hydrogen-bond donors (Lipinski definition) is 0. The van der Waals surface area contributed by atoms with E-state index in [1.807, 2.05) is 6.92 Å². The van der Waals surface area contributed by atoms with E-state index in [2.05, 4.69) is 4.74 Å². The average molecular weight is 304 g/mol. The van der Waals surface area contributed by atoms with Crippen molar-refractivity contribution >= 4 is 31.2 Å². The SMILES string of the molecule is [B]c1cc(C(=O)OC)cc(C(=O)OCCCC)c1OC(C)=O. The fourth-order valence-corrected chi connectivity index (χ4v) is 1.68. The lowest BCUT2D eigenvalue weighted by atomic mass is 9.90. The molecule has 0 saturated carbocycles. The molecular formula is C15H17BO6. The molecule has 22 heavy (non-hydrogen) atoms. The standard InChI is InChI=1S/C15H17BO6/c1-4-5-6-21-15(19)11-7-10(14(18)20-3)8-12(16)13(11)22-9(2)17/h7-8H,4-6H2,1-3H3. The van der Waals surface area contributed by atoms with Crippen molar-refractivity contribution in [3.05, 3.63) is 23.3 Å². The molecule has 2 radical (unpaired) electrons. The first-order chi connectivity index (χ1) is 10.4. The van der Waals surface area contributed by atoms with Crippen LogP contribution >= 0.6 is 0 Å². The van der Waals surface area contributed by atoms with Crippen molar-refractivity contribution in [1.29, 1.82) is 0 Å². The first-order valence-electron chi connectivity index (χ1n) is 6.78. The van der Waals surface area contributed by atoms with Crippen LogP contribution in [-0.4, -0.2) is 39.5 Å². The Labute approximate surface area is 130 Å². The number of esters is 3. The van der Waals surface area contributed by atoms with Crippen LogP contribution in [0.1, 0.15) is 47.4 Å². The molecule has 116 valence electrons. The third kappa shape index (κ3) is 4.61. The van der Waals surface area contributed by atoms with Gasteiger partial charge in [-0.3, -0.25) is 4.79 Å². The van der Waals surface area contributed by atoms with Gasteiger partial charge in [0, 0.05) is 6.92 Å².